The molecule has 0 fully saturated rings. The maximum atomic E-state index is 14.1. The smallest absolute Gasteiger partial charge is 0.204 e. The van der Waals surface area contributed by atoms with Crippen molar-refractivity contribution in [1.82, 2.24) is 0 Å². The molecule has 0 aromatic heterocycles. The Morgan fingerprint density at radius 1 is 0.667 bits per heavy atom. The Morgan fingerprint density at radius 2 is 1.21 bits per heavy atom. The molecular formula is C27H29O5P. The van der Waals surface area contributed by atoms with Crippen molar-refractivity contribution >= 4 is 24.3 Å². The summed E-state index contributed by atoms with van der Waals surface area (Å²) in [6.07, 6.45) is 0. The SMILES string of the molecule is COc1cc(OC)c(C(=O)P(C(=O)c2c(C)cc(C)c(C)c2C)c2ccccc2)c(OC)c1. The van der Waals surface area contributed by atoms with E-state index in [0.717, 1.165) is 22.3 Å². The topological polar surface area (TPSA) is 61.8 Å². The molecule has 3 aromatic carbocycles. The normalized spacial score (nSPS) is 11.6. The van der Waals surface area contributed by atoms with E-state index in [2.05, 4.69) is 0 Å². The highest BCUT2D eigenvalue weighted by Gasteiger charge is 2.35. The molecular weight excluding hydrogens is 435 g/mol. The fourth-order valence-electron chi connectivity index (χ4n) is 3.96. The van der Waals surface area contributed by atoms with Crippen LogP contribution >= 0.6 is 7.92 Å². The number of rotatable bonds is 8. The van der Waals surface area contributed by atoms with Gasteiger partial charge in [-0.1, -0.05) is 36.4 Å². The number of benzene rings is 3. The van der Waals surface area contributed by atoms with Crippen LogP contribution in [0.15, 0.2) is 48.5 Å². The second-order valence-electron chi connectivity index (χ2n) is 7.82. The third kappa shape index (κ3) is 4.65. The molecule has 6 heteroatoms. The number of aryl methyl sites for hydroxylation is 2. The van der Waals surface area contributed by atoms with Gasteiger partial charge in [0, 0.05) is 17.7 Å². The van der Waals surface area contributed by atoms with Gasteiger partial charge in [0.1, 0.15) is 22.8 Å². The summed E-state index contributed by atoms with van der Waals surface area (Å²) in [6.45, 7) is 7.90. The van der Waals surface area contributed by atoms with Crippen molar-refractivity contribution in [3.63, 3.8) is 0 Å². The van der Waals surface area contributed by atoms with Crippen LogP contribution in [-0.4, -0.2) is 32.4 Å². The van der Waals surface area contributed by atoms with E-state index in [9.17, 15) is 9.59 Å². The highest BCUT2D eigenvalue weighted by molar-refractivity contribution is 7.96. The minimum atomic E-state index is -1.92. The number of hydrogen-bond acceptors (Lipinski definition) is 5. The molecule has 0 N–H and O–H groups in total. The van der Waals surface area contributed by atoms with E-state index in [0.29, 0.717) is 28.1 Å². The molecule has 3 aromatic rings. The van der Waals surface area contributed by atoms with Crippen LogP contribution < -0.4 is 19.5 Å². The maximum Gasteiger partial charge on any atom is 0.204 e. The summed E-state index contributed by atoms with van der Waals surface area (Å²) in [6, 6.07) is 14.5. The first-order valence-electron chi connectivity index (χ1n) is 10.6. The van der Waals surface area contributed by atoms with E-state index < -0.39 is 7.92 Å². The lowest BCUT2D eigenvalue weighted by Gasteiger charge is -2.22. The number of carbonyl (C=O) groups is 2. The zero-order chi connectivity index (χ0) is 24.3. The number of ether oxygens (including phenoxy) is 3. The standard InChI is InChI=1S/C27H29O5P/c1-16-13-17(2)24(19(4)18(16)3)26(28)33(21-11-9-8-10-12-21)27(29)25-22(31-6)14-20(30-5)15-23(25)32-7/h8-15H,1-7H3. The summed E-state index contributed by atoms with van der Waals surface area (Å²) in [5, 5.41) is 0.680. The predicted octanol–water partition coefficient (Wildman–Crippen LogP) is 5.73. The van der Waals surface area contributed by atoms with Crippen LogP contribution in [-0.2, 0) is 0 Å². The average Bonchev–Trinajstić information content (AvgIpc) is 2.82. The third-order valence-corrected chi connectivity index (χ3v) is 7.99. The molecule has 3 rings (SSSR count). The summed E-state index contributed by atoms with van der Waals surface area (Å²) in [4.78, 5) is 28.2. The van der Waals surface area contributed by atoms with Gasteiger partial charge in [0.25, 0.3) is 0 Å². The first-order valence-corrected chi connectivity index (χ1v) is 11.9. The Balaban J connectivity index is 2.26. The largest absolute Gasteiger partial charge is 0.496 e. The molecule has 33 heavy (non-hydrogen) atoms. The first kappa shape index (κ1) is 24.5. The minimum Gasteiger partial charge on any atom is -0.496 e. The van der Waals surface area contributed by atoms with E-state index in [4.69, 9.17) is 14.2 Å². The maximum absolute atomic E-state index is 14.1. The molecule has 0 amide bonds. The van der Waals surface area contributed by atoms with E-state index >= 15 is 0 Å². The number of methoxy groups -OCH3 is 3. The Bertz CT molecular complexity index is 1180. The van der Waals surface area contributed by atoms with Crippen molar-refractivity contribution in [2.75, 3.05) is 21.3 Å². The Hall–Kier alpha value is -3.17. The first-order chi connectivity index (χ1) is 15.7. The van der Waals surface area contributed by atoms with Crippen LogP contribution in [0, 0.1) is 27.7 Å². The van der Waals surface area contributed by atoms with Gasteiger partial charge in [-0.25, -0.2) is 0 Å². The van der Waals surface area contributed by atoms with Crippen LogP contribution in [0.4, 0.5) is 0 Å². The van der Waals surface area contributed by atoms with Crippen LogP contribution in [0.3, 0.4) is 0 Å². The molecule has 0 aliphatic heterocycles. The molecule has 1 unspecified atom stereocenters. The predicted molar refractivity (Wildman–Crippen MR) is 133 cm³/mol. The molecule has 0 saturated heterocycles. The van der Waals surface area contributed by atoms with Crippen molar-refractivity contribution < 1.29 is 23.8 Å². The highest BCUT2D eigenvalue weighted by atomic mass is 31.1. The zero-order valence-corrected chi connectivity index (χ0v) is 21.0. The zero-order valence-electron chi connectivity index (χ0n) is 20.1. The fourth-order valence-corrected chi connectivity index (χ4v) is 6.09. The van der Waals surface area contributed by atoms with Crippen molar-refractivity contribution in [1.29, 1.82) is 0 Å². The van der Waals surface area contributed by atoms with Crippen molar-refractivity contribution in [3.8, 4) is 17.2 Å². The molecule has 0 saturated carbocycles. The monoisotopic (exact) mass is 464 g/mol. The Kier molecular flexibility index (Phi) is 7.55. The quantitative estimate of drug-likeness (QED) is 0.398. The van der Waals surface area contributed by atoms with Gasteiger partial charge in [-0.05, 0) is 55.3 Å². The number of carbonyl (C=O) groups excluding carboxylic acids is 2. The summed E-state index contributed by atoms with van der Waals surface area (Å²) < 4.78 is 16.4. The van der Waals surface area contributed by atoms with E-state index in [1.165, 1.54) is 21.3 Å². The van der Waals surface area contributed by atoms with Crippen LogP contribution in [0.25, 0.3) is 0 Å². The highest BCUT2D eigenvalue weighted by Crippen LogP contribution is 2.48. The molecule has 0 spiro atoms. The second-order valence-corrected chi connectivity index (χ2v) is 9.82. The molecule has 1 atom stereocenters. The second kappa shape index (κ2) is 10.2. The van der Waals surface area contributed by atoms with Gasteiger partial charge in [0.05, 0.1) is 29.3 Å². The fraction of sp³-hybridized carbons (Fsp3) is 0.259. The summed E-state index contributed by atoms with van der Waals surface area (Å²) >= 11 is 0. The molecule has 0 aliphatic carbocycles. The van der Waals surface area contributed by atoms with Gasteiger partial charge in [-0.15, -0.1) is 0 Å². The lowest BCUT2D eigenvalue weighted by atomic mass is 9.95. The average molecular weight is 464 g/mol. The molecule has 0 aliphatic rings. The summed E-state index contributed by atoms with van der Waals surface area (Å²) in [7, 11) is 2.57. The van der Waals surface area contributed by atoms with Gasteiger partial charge >= 0.3 is 0 Å². The van der Waals surface area contributed by atoms with Gasteiger partial charge in [0.2, 0.25) is 5.52 Å². The lowest BCUT2D eigenvalue weighted by molar-refractivity contribution is 0.105. The van der Waals surface area contributed by atoms with E-state index in [1.54, 1.807) is 12.1 Å². The Labute approximate surface area is 196 Å². The molecule has 172 valence electrons. The van der Waals surface area contributed by atoms with E-state index in [-0.39, 0.29) is 16.6 Å². The number of hydrogen-bond donors (Lipinski definition) is 0. The van der Waals surface area contributed by atoms with Crippen molar-refractivity contribution in [3.05, 3.63) is 81.9 Å². The van der Waals surface area contributed by atoms with Gasteiger partial charge in [-0.2, -0.15) is 0 Å². The van der Waals surface area contributed by atoms with E-state index in [1.807, 2.05) is 64.1 Å². The summed E-state index contributed by atoms with van der Waals surface area (Å²) in [5.41, 5.74) is 4.28. The van der Waals surface area contributed by atoms with Crippen LogP contribution in [0.5, 0.6) is 17.2 Å². The lowest BCUT2D eigenvalue weighted by Crippen LogP contribution is -2.19. The van der Waals surface area contributed by atoms with Gasteiger partial charge in [-0.3, -0.25) is 9.59 Å². The van der Waals surface area contributed by atoms with Crippen molar-refractivity contribution in [2.24, 2.45) is 0 Å². The van der Waals surface area contributed by atoms with Crippen LogP contribution in [0.1, 0.15) is 43.0 Å². The van der Waals surface area contributed by atoms with Crippen LogP contribution in [0.2, 0.25) is 0 Å². The minimum absolute atomic E-state index is 0.181. The molecule has 5 nitrogen and oxygen atoms in total. The summed E-state index contributed by atoms with van der Waals surface area (Å²) in [5.74, 6) is 1.11. The molecule has 0 heterocycles. The third-order valence-electron chi connectivity index (χ3n) is 5.92. The molecule has 0 bridgehead atoms. The molecule has 0 radical (unpaired) electrons. The van der Waals surface area contributed by atoms with Gasteiger partial charge < -0.3 is 14.2 Å². The van der Waals surface area contributed by atoms with Crippen molar-refractivity contribution in [2.45, 2.75) is 27.7 Å². The Morgan fingerprint density at radius 3 is 1.73 bits per heavy atom. The van der Waals surface area contributed by atoms with Gasteiger partial charge in [0.15, 0.2) is 5.52 Å².